The van der Waals surface area contributed by atoms with E-state index in [4.69, 9.17) is 13.9 Å². The molecule has 0 saturated carbocycles. The maximum absolute atomic E-state index is 11.7. The fourth-order valence-electron chi connectivity index (χ4n) is 1.74. The molecule has 1 aromatic carbocycles. The van der Waals surface area contributed by atoms with Crippen molar-refractivity contribution in [2.45, 2.75) is 26.6 Å². The van der Waals surface area contributed by atoms with Gasteiger partial charge in [0.2, 0.25) is 5.89 Å². The van der Waals surface area contributed by atoms with Crippen LogP contribution in [0.25, 0.3) is 11.5 Å². The van der Waals surface area contributed by atoms with Gasteiger partial charge in [-0.25, -0.2) is 9.78 Å². The summed E-state index contributed by atoms with van der Waals surface area (Å²) in [4.78, 5) is 16.0. The average molecular weight is 301 g/mol. The normalized spacial score (nSPS) is 11.9. The van der Waals surface area contributed by atoms with Gasteiger partial charge in [0.25, 0.3) is 0 Å². The molecule has 22 heavy (non-hydrogen) atoms. The second-order valence-corrected chi connectivity index (χ2v) is 4.88. The van der Waals surface area contributed by atoms with Crippen LogP contribution in [-0.2, 0) is 20.9 Å². The van der Waals surface area contributed by atoms with E-state index >= 15 is 0 Å². The highest BCUT2D eigenvalue weighted by molar-refractivity contribution is 5.74. The number of hydrogen-bond donors (Lipinski definition) is 0. The fraction of sp³-hybridized carbons (Fsp3) is 0.294. The molecule has 0 amide bonds. The van der Waals surface area contributed by atoms with E-state index in [1.165, 1.54) is 6.26 Å². The van der Waals surface area contributed by atoms with Crippen molar-refractivity contribution in [1.82, 2.24) is 4.98 Å². The zero-order valence-electron chi connectivity index (χ0n) is 12.7. The number of esters is 1. The van der Waals surface area contributed by atoms with E-state index in [0.717, 1.165) is 11.1 Å². The molecule has 116 valence electrons. The van der Waals surface area contributed by atoms with E-state index in [2.05, 4.69) is 11.6 Å². The number of oxazole rings is 1. The maximum Gasteiger partial charge on any atom is 0.335 e. The summed E-state index contributed by atoms with van der Waals surface area (Å²) in [5.74, 6) is 0.0590. The molecule has 0 bridgehead atoms. The van der Waals surface area contributed by atoms with Crippen LogP contribution < -0.4 is 0 Å². The molecule has 2 aromatic rings. The van der Waals surface area contributed by atoms with Crippen molar-refractivity contribution in [2.24, 2.45) is 0 Å². The molecule has 0 aliphatic heterocycles. The minimum atomic E-state index is -0.638. The van der Waals surface area contributed by atoms with Crippen molar-refractivity contribution in [1.29, 1.82) is 0 Å². The number of rotatable bonds is 7. The first kappa shape index (κ1) is 16.0. The van der Waals surface area contributed by atoms with E-state index in [9.17, 15) is 4.79 Å². The number of carbonyl (C=O) groups excluding carboxylic acids is 1. The van der Waals surface area contributed by atoms with Crippen molar-refractivity contribution in [2.75, 3.05) is 6.61 Å². The zero-order chi connectivity index (χ0) is 15.9. The number of carbonyl (C=O) groups is 1. The van der Waals surface area contributed by atoms with Gasteiger partial charge in [0.05, 0.1) is 6.61 Å². The Morgan fingerprint density at radius 1 is 1.41 bits per heavy atom. The van der Waals surface area contributed by atoms with Gasteiger partial charge >= 0.3 is 5.97 Å². The quantitative estimate of drug-likeness (QED) is 0.580. The molecular formula is C17H19NO4. The highest BCUT2D eigenvalue weighted by Crippen LogP contribution is 2.19. The minimum Gasteiger partial charge on any atom is -0.457 e. The fourth-order valence-corrected chi connectivity index (χ4v) is 1.74. The van der Waals surface area contributed by atoms with E-state index < -0.39 is 12.1 Å². The summed E-state index contributed by atoms with van der Waals surface area (Å²) in [6.45, 7) is 7.52. The highest BCUT2D eigenvalue weighted by Gasteiger charge is 2.15. The molecule has 1 atom stereocenters. The summed E-state index contributed by atoms with van der Waals surface area (Å²) in [6, 6.07) is 7.83. The van der Waals surface area contributed by atoms with Crippen molar-refractivity contribution in [3.63, 3.8) is 0 Å². The topological polar surface area (TPSA) is 61.6 Å². The van der Waals surface area contributed by atoms with Crippen molar-refractivity contribution in [3.8, 4) is 11.5 Å². The Balaban J connectivity index is 1.91. The first-order valence-electron chi connectivity index (χ1n) is 7.00. The second kappa shape index (κ2) is 7.56. The third kappa shape index (κ3) is 4.30. The predicted octanol–water partition coefficient (Wildman–Crippen LogP) is 3.28. The van der Waals surface area contributed by atoms with Crippen molar-refractivity contribution >= 4 is 5.97 Å². The van der Waals surface area contributed by atoms with Crippen LogP contribution in [0.3, 0.4) is 0 Å². The Bertz CT molecular complexity index is 630. The van der Waals surface area contributed by atoms with Crippen LogP contribution in [0.4, 0.5) is 0 Å². The maximum atomic E-state index is 11.7. The van der Waals surface area contributed by atoms with Crippen LogP contribution in [0, 0.1) is 6.92 Å². The second-order valence-electron chi connectivity index (χ2n) is 4.88. The van der Waals surface area contributed by atoms with Gasteiger partial charge < -0.3 is 13.9 Å². The first-order chi connectivity index (χ1) is 10.6. The summed E-state index contributed by atoms with van der Waals surface area (Å²) in [5.41, 5.74) is 2.60. The van der Waals surface area contributed by atoms with Crippen molar-refractivity contribution < 1.29 is 18.7 Å². The van der Waals surface area contributed by atoms with Crippen molar-refractivity contribution in [3.05, 3.63) is 54.4 Å². The molecule has 2 rings (SSSR count). The van der Waals surface area contributed by atoms with Crippen LogP contribution in [-0.4, -0.2) is 23.7 Å². The molecular weight excluding hydrogens is 282 g/mol. The van der Waals surface area contributed by atoms with E-state index in [-0.39, 0.29) is 6.61 Å². The molecule has 0 fully saturated rings. The van der Waals surface area contributed by atoms with Gasteiger partial charge in [0.1, 0.15) is 18.6 Å². The summed E-state index contributed by atoms with van der Waals surface area (Å²) < 4.78 is 15.7. The predicted molar refractivity (Wildman–Crippen MR) is 82.1 cm³/mol. The Kier molecular flexibility index (Phi) is 5.49. The lowest BCUT2D eigenvalue weighted by molar-refractivity contribution is -0.156. The average Bonchev–Trinajstić information content (AvgIpc) is 2.99. The number of benzene rings is 1. The van der Waals surface area contributed by atoms with E-state index in [0.29, 0.717) is 18.2 Å². The lowest BCUT2D eigenvalue weighted by atomic mass is 10.1. The molecule has 1 heterocycles. The van der Waals surface area contributed by atoms with Crippen LogP contribution in [0.1, 0.15) is 18.2 Å². The molecule has 0 saturated heterocycles. The molecule has 0 N–H and O–H groups in total. The molecule has 1 aromatic heterocycles. The molecule has 0 aliphatic carbocycles. The summed E-state index contributed by atoms with van der Waals surface area (Å²) in [7, 11) is 0. The lowest BCUT2D eigenvalue weighted by Crippen LogP contribution is -2.23. The largest absolute Gasteiger partial charge is 0.457 e. The van der Waals surface area contributed by atoms with Gasteiger partial charge in [0.15, 0.2) is 6.10 Å². The Hall–Kier alpha value is -2.40. The Morgan fingerprint density at radius 3 is 2.82 bits per heavy atom. The van der Waals surface area contributed by atoms with Crippen LogP contribution >= 0.6 is 0 Å². The van der Waals surface area contributed by atoms with Crippen LogP contribution in [0.15, 0.2) is 47.6 Å². The molecule has 0 radical (unpaired) electrons. The van der Waals surface area contributed by atoms with E-state index in [1.807, 2.05) is 31.2 Å². The lowest BCUT2D eigenvalue weighted by Gasteiger charge is -2.10. The van der Waals surface area contributed by atoms with Gasteiger partial charge in [-0.1, -0.05) is 23.8 Å². The standard InChI is InChI=1S/C17H19NO4/c1-4-9-20-13(3)17(19)22-11-15-10-21-16(18-15)14-7-5-12(2)6-8-14/h4-8,10,13H,1,9,11H2,2-3H3. The summed E-state index contributed by atoms with van der Waals surface area (Å²) >= 11 is 0. The van der Waals surface area contributed by atoms with Crippen LogP contribution in [0.2, 0.25) is 0 Å². The van der Waals surface area contributed by atoms with Crippen LogP contribution in [0.5, 0.6) is 0 Å². The first-order valence-corrected chi connectivity index (χ1v) is 7.00. The molecule has 0 aliphatic rings. The highest BCUT2D eigenvalue weighted by atomic mass is 16.6. The number of ether oxygens (including phenoxy) is 2. The molecule has 5 nitrogen and oxygen atoms in total. The monoisotopic (exact) mass is 301 g/mol. The molecule has 5 heteroatoms. The summed E-state index contributed by atoms with van der Waals surface area (Å²) in [5, 5.41) is 0. The molecule has 1 unspecified atom stereocenters. The SMILES string of the molecule is C=CCOC(C)C(=O)OCc1coc(-c2ccc(C)cc2)n1. The van der Waals surface area contributed by atoms with Gasteiger partial charge in [-0.15, -0.1) is 6.58 Å². The third-order valence-corrected chi connectivity index (χ3v) is 3.01. The zero-order valence-corrected chi connectivity index (χ0v) is 12.7. The molecule has 0 spiro atoms. The van der Waals surface area contributed by atoms with Gasteiger partial charge in [-0.2, -0.15) is 0 Å². The third-order valence-electron chi connectivity index (χ3n) is 3.01. The summed E-state index contributed by atoms with van der Waals surface area (Å²) in [6.07, 6.45) is 2.42. The van der Waals surface area contributed by atoms with E-state index in [1.54, 1.807) is 13.0 Å². The number of nitrogens with zero attached hydrogens (tertiary/aromatic N) is 1. The van der Waals surface area contributed by atoms with Gasteiger partial charge in [0, 0.05) is 5.56 Å². The Labute approximate surface area is 129 Å². The Morgan fingerprint density at radius 2 is 2.14 bits per heavy atom. The minimum absolute atomic E-state index is 0.0516. The number of aromatic nitrogens is 1. The smallest absolute Gasteiger partial charge is 0.335 e. The number of aryl methyl sites for hydroxylation is 1. The van der Waals surface area contributed by atoms with Gasteiger partial charge in [-0.3, -0.25) is 0 Å². The van der Waals surface area contributed by atoms with Gasteiger partial charge in [-0.05, 0) is 26.0 Å². The number of hydrogen-bond acceptors (Lipinski definition) is 5.